The summed E-state index contributed by atoms with van der Waals surface area (Å²) in [5, 5.41) is 3.34. The number of aromatic nitrogens is 2. The highest BCUT2D eigenvalue weighted by Gasteiger charge is 2.11. The number of thiazole rings is 1. The lowest BCUT2D eigenvalue weighted by Gasteiger charge is -2.00. The van der Waals surface area contributed by atoms with Gasteiger partial charge < -0.3 is 4.57 Å². The predicted molar refractivity (Wildman–Crippen MR) is 85.2 cm³/mol. The van der Waals surface area contributed by atoms with Crippen LogP contribution < -0.4 is 0 Å². The van der Waals surface area contributed by atoms with Gasteiger partial charge in [0.1, 0.15) is 0 Å². The quantitative estimate of drug-likeness (QED) is 0.698. The van der Waals surface area contributed by atoms with Crippen molar-refractivity contribution >= 4 is 11.3 Å². The molecule has 102 valence electrons. The Kier molecular flexibility index (Phi) is 3.45. The first-order chi connectivity index (χ1) is 9.65. The standard InChI is InChI=1S/C17H18N2S/c1-12-9-15(13(2)19(12)3)16-11-20-17(18-16)10-14-7-5-4-6-8-14/h4-9,11H,10H2,1-3H3. The van der Waals surface area contributed by atoms with Gasteiger partial charge in [0, 0.05) is 35.8 Å². The lowest BCUT2D eigenvalue weighted by molar-refractivity contribution is 0.845. The molecule has 0 fully saturated rings. The second-order valence-corrected chi connectivity index (χ2v) is 6.08. The molecule has 3 aromatic rings. The molecule has 0 aliphatic rings. The fraction of sp³-hybridized carbons (Fsp3) is 0.235. The molecule has 0 spiro atoms. The highest BCUT2D eigenvalue weighted by atomic mass is 32.1. The van der Waals surface area contributed by atoms with E-state index in [0.717, 1.165) is 12.1 Å². The molecule has 3 rings (SSSR count). The first-order valence-corrected chi connectivity index (χ1v) is 7.64. The minimum atomic E-state index is 0.913. The Bertz CT molecular complexity index is 723. The van der Waals surface area contributed by atoms with E-state index >= 15 is 0 Å². The topological polar surface area (TPSA) is 17.8 Å². The molecule has 0 saturated heterocycles. The van der Waals surface area contributed by atoms with Gasteiger partial charge in [0.05, 0.1) is 10.7 Å². The maximum absolute atomic E-state index is 4.80. The summed E-state index contributed by atoms with van der Waals surface area (Å²) < 4.78 is 2.21. The first kappa shape index (κ1) is 13.1. The zero-order valence-corrected chi connectivity index (χ0v) is 12.9. The summed E-state index contributed by atoms with van der Waals surface area (Å²) in [6, 6.07) is 12.7. The number of aryl methyl sites for hydroxylation is 1. The Morgan fingerprint density at radius 3 is 2.55 bits per heavy atom. The number of rotatable bonds is 3. The van der Waals surface area contributed by atoms with Crippen LogP contribution in [0.4, 0.5) is 0 Å². The van der Waals surface area contributed by atoms with Crippen molar-refractivity contribution in [2.75, 3.05) is 0 Å². The Balaban J connectivity index is 1.88. The second kappa shape index (κ2) is 5.25. The van der Waals surface area contributed by atoms with Gasteiger partial charge in [-0.1, -0.05) is 30.3 Å². The molecule has 0 unspecified atom stereocenters. The SMILES string of the molecule is Cc1cc(-c2csc(Cc3ccccc3)n2)c(C)n1C. The Morgan fingerprint density at radius 1 is 1.15 bits per heavy atom. The zero-order valence-electron chi connectivity index (χ0n) is 12.1. The lowest BCUT2D eigenvalue weighted by atomic mass is 10.1. The molecule has 0 N–H and O–H groups in total. The van der Waals surface area contributed by atoms with Crippen molar-refractivity contribution in [1.29, 1.82) is 0 Å². The van der Waals surface area contributed by atoms with Crippen molar-refractivity contribution in [3.05, 3.63) is 63.7 Å². The van der Waals surface area contributed by atoms with Crippen LogP contribution in [0.2, 0.25) is 0 Å². The van der Waals surface area contributed by atoms with E-state index in [0.29, 0.717) is 0 Å². The van der Waals surface area contributed by atoms with E-state index in [9.17, 15) is 0 Å². The molecule has 0 atom stereocenters. The average Bonchev–Trinajstić information content (AvgIpc) is 3.01. The maximum Gasteiger partial charge on any atom is 0.0976 e. The molecule has 0 radical (unpaired) electrons. The summed E-state index contributed by atoms with van der Waals surface area (Å²) in [6.45, 7) is 4.28. The molecule has 2 heterocycles. The minimum Gasteiger partial charge on any atom is -0.351 e. The zero-order chi connectivity index (χ0) is 14.1. The average molecular weight is 282 g/mol. The largest absolute Gasteiger partial charge is 0.351 e. The van der Waals surface area contributed by atoms with Crippen molar-refractivity contribution in [1.82, 2.24) is 9.55 Å². The van der Waals surface area contributed by atoms with Crippen molar-refractivity contribution in [2.45, 2.75) is 20.3 Å². The van der Waals surface area contributed by atoms with Crippen LogP contribution in [0, 0.1) is 13.8 Å². The van der Waals surface area contributed by atoms with E-state index in [-0.39, 0.29) is 0 Å². The van der Waals surface area contributed by atoms with E-state index in [1.807, 2.05) is 6.07 Å². The van der Waals surface area contributed by atoms with Crippen molar-refractivity contribution < 1.29 is 0 Å². The van der Waals surface area contributed by atoms with Gasteiger partial charge in [0.25, 0.3) is 0 Å². The Hall–Kier alpha value is -1.87. The van der Waals surface area contributed by atoms with Gasteiger partial charge in [-0.3, -0.25) is 0 Å². The third-order valence-electron chi connectivity index (χ3n) is 3.80. The van der Waals surface area contributed by atoms with Crippen LogP contribution in [-0.2, 0) is 13.5 Å². The van der Waals surface area contributed by atoms with Crippen molar-refractivity contribution in [3.63, 3.8) is 0 Å². The highest BCUT2D eigenvalue weighted by molar-refractivity contribution is 7.10. The van der Waals surface area contributed by atoms with Gasteiger partial charge >= 0.3 is 0 Å². The molecule has 3 heteroatoms. The monoisotopic (exact) mass is 282 g/mol. The second-order valence-electron chi connectivity index (χ2n) is 5.13. The fourth-order valence-electron chi connectivity index (χ4n) is 2.40. The van der Waals surface area contributed by atoms with Crippen LogP contribution in [0.3, 0.4) is 0 Å². The van der Waals surface area contributed by atoms with Crippen LogP contribution in [-0.4, -0.2) is 9.55 Å². The van der Waals surface area contributed by atoms with Gasteiger partial charge in [-0.15, -0.1) is 11.3 Å². The smallest absolute Gasteiger partial charge is 0.0976 e. The van der Waals surface area contributed by atoms with Gasteiger partial charge in [0.2, 0.25) is 0 Å². The number of nitrogens with zero attached hydrogens (tertiary/aromatic N) is 2. The normalized spacial score (nSPS) is 10.9. The molecule has 2 aromatic heterocycles. The van der Waals surface area contributed by atoms with Gasteiger partial charge in [-0.25, -0.2) is 4.98 Å². The van der Waals surface area contributed by atoms with Crippen LogP contribution >= 0.6 is 11.3 Å². The summed E-state index contributed by atoms with van der Waals surface area (Å²) in [5.41, 5.74) is 6.21. The lowest BCUT2D eigenvalue weighted by Crippen LogP contribution is -1.93. The Labute approximate surface area is 123 Å². The predicted octanol–water partition coefficient (Wildman–Crippen LogP) is 4.36. The minimum absolute atomic E-state index is 0.913. The van der Waals surface area contributed by atoms with Crippen LogP contribution in [0.15, 0.2) is 41.8 Å². The van der Waals surface area contributed by atoms with Crippen molar-refractivity contribution in [3.8, 4) is 11.3 Å². The van der Waals surface area contributed by atoms with E-state index in [1.165, 1.54) is 27.5 Å². The van der Waals surface area contributed by atoms with Gasteiger partial charge in [0.15, 0.2) is 0 Å². The van der Waals surface area contributed by atoms with E-state index in [4.69, 9.17) is 4.98 Å². The molecule has 0 bridgehead atoms. The first-order valence-electron chi connectivity index (χ1n) is 6.77. The highest BCUT2D eigenvalue weighted by Crippen LogP contribution is 2.28. The van der Waals surface area contributed by atoms with E-state index in [1.54, 1.807) is 11.3 Å². The van der Waals surface area contributed by atoms with Gasteiger partial charge in [-0.2, -0.15) is 0 Å². The third kappa shape index (κ3) is 2.41. The molecule has 0 amide bonds. The number of hydrogen-bond donors (Lipinski definition) is 0. The molecule has 0 saturated carbocycles. The fourth-order valence-corrected chi connectivity index (χ4v) is 3.23. The number of benzene rings is 1. The molecular weight excluding hydrogens is 264 g/mol. The molecule has 1 aromatic carbocycles. The summed E-state index contributed by atoms with van der Waals surface area (Å²) in [7, 11) is 2.10. The van der Waals surface area contributed by atoms with Crippen LogP contribution in [0.25, 0.3) is 11.3 Å². The summed E-state index contributed by atoms with van der Waals surface area (Å²) >= 11 is 1.74. The molecule has 0 aliphatic heterocycles. The van der Waals surface area contributed by atoms with Crippen LogP contribution in [0.5, 0.6) is 0 Å². The summed E-state index contributed by atoms with van der Waals surface area (Å²) in [6.07, 6.45) is 0.913. The third-order valence-corrected chi connectivity index (χ3v) is 4.65. The Morgan fingerprint density at radius 2 is 1.90 bits per heavy atom. The van der Waals surface area contributed by atoms with Crippen LogP contribution in [0.1, 0.15) is 22.0 Å². The van der Waals surface area contributed by atoms with Crippen molar-refractivity contribution in [2.24, 2.45) is 7.05 Å². The summed E-state index contributed by atoms with van der Waals surface area (Å²) in [4.78, 5) is 4.80. The molecular formula is C17H18N2S. The molecule has 20 heavy (non-hydrogen) atoms. The van der Waals surface area contributed by atoms with Gasteiger partial charge in [-0.05, 0) is 25.5 Å². The molecule has 0 aliphatic carbocycles. The van der Waals surface area contributed by atoms with E-state index in [2.05, 4.69) is 61.2 Å². The maximum atomic E-state index is 4.80. The molecule has 2 nitrogen and oxygen atoms in total. The number of hydrogen-bond acceptors (Lipinski definition) is 2. The van der Waals surface area contributed by atoms with E-state index < -0.39 is 0 Å². The summed E-state index contributed by atoms with van der Waals surface area (Å²) in [5.74, 6) is 0.